The highest BCUT2D eigenvalue weighted by Crippen LogP contribution is 2.11. The summed E-state index contributed by atoms with van der Waals surface area (Å²) in [6.45, 7) is 0. The molecule has 0 aromatic rings. The van der Waals surface area contributed by atoms with E-state index in [0.717, 1.165) is 0 Å². The van der Waals surface area contributed by atoms with Crippen molar-refractivity contribution in [3.63, 3.8) is 0 Å². The first-order valence-electron chi connectivity index (χ1n) is 4.79. The first-order valence-corrected chi connectivity index (χ1v) is 7.15. The zero-order chi connectivity index (χ0) is 12.2. The van der Waals surface area contributed by atoms with E-state index in [1.165, 1.54) is 0 Å². The van der Waals surface area contributed by atoms with Crippen LogP contribution in [-0.2, 0) is 14.6 Å². The van der Waals surface area contributed by atoms with Gasteiger partial charge in [-0.2, -0.15) is 0 Å². The van der Waals surface area contributed by atoms with E-state index in [-0.39, 0.29) is 17.4 Å². The molecule has 1 atom stereocenters. The van der Waals surface area contributed by atoms with Gasteiger partial charge in [0.25, 0.3) is 0 Å². The predicted molar refractivity (Wildman–Crippen MR) is 59.1 cm³/mol. The zero-order valence-electron chi connectivity index (χ0n) is 8.53. The van der Waals surface area contributed by atoms with Gasteiger partial charge >= 0.3 is 6.03 Å². The first-order chi connectivity index (χ1) is 7.43. The average molecular weight is 269 g/mol. The van der Waals surface area contributed by atoms with Gasteiger partial charge in [-0.15, -0.1) is 11.6 Å². The number of nitrogens with one attached hydrogen (secondary N) is 2. The summed E-state index contributed by atoms with van der Waals surface area (Å²) in [4.78, 5) is 22.0. The lowest BCUT2D eigenvalue weighted by molar-refractivity contribution is -0.117. The van der Waals surface area contributed by atoms with Crippen molar-refractivity contribution in [3.05, 3.63) is 0 Å². The molecule has 1 aliphatic heterocycles. The molecule has 3 amide bonds. The second-order valence-electron chi connectivity index (χ2n) is 3.61. The Labute approximate surface area is 98.6 Å². The largest absolute Gasteiger partial charge is 0.334 e. The standard InChI is InChI=1S/C8H13ClN2O4S/c9-4-7(12)11-8(13)10-6-2-1-3-16(14,15)5-6/h6H,1-5H2,(H2,10,11,12,13). The number of imide groups is 1. The molecule has 16 heavy (non-hydrogen) atoms. The maximum Gasteiger partial charge on any atom is 0.321 e. The summed E-state index contributed by atoms with van der Waals surface area (Å²) in [5, 5.41) is 4.42. The number of urea groups is 1. The Balaban J connectivity index is 2.42. The lowest BCUT2D eigenvalue weighted by atomic mass is 10.2. The fraction of sp³-hybridized carbons (Fsp3) is 0.750. The lowest BCUT2D eigenvalue weighted by Crippen LogP contribution is -2.49. The van der Waals surface area contributed by atoms with Crippen molar-refractivity contribution in [1.82, 2.24) is 10.6 Å². The van der Waals surface area contributed by atoms with Gasteiger partial charge in [0.2, 0.25) is 5.91 Å². The lowest BCUT2D eigenvalue weighted by Gasteiger charge is -2.22. The van der Waals surface area contributed by atoms with Gasteiger partial charge < -0.3 is 5.32 Å². The normalized spacial score (nSPS) is 23.4. The minimum atomic E-state index is -3.07. The Hall–Kier alpha value is -0.820. The van der Waals surface area contributed by atoms with Gasteiger partial charge in [0.15, 0.2) is 9.84 Å². The minimum Gasteiger partial charge on any atom is -0.334 e. The monoisotopic (exact) mass is 268 g/mol. The zero-order valence-corrected chi connectivity index (χ0v) is 10.1. The molecule has 0 radical (unpaired) electrons. The van der Waals surface area contributed by atoms with Crippen LogP contribution >= 0.6 is 11.6 Å². The summed E-state index contributed by atoms with van der Waals surface area (Å²) in [6, 6.07) is -1.13. The molecule has 1 aliphatic rings. The van der Waals surface area contributed by atoms with Crippen molar-refractivity contribution in [2.75, 3.05) is 17.4 Å². The van der Waals surface area contributed by atoms with Gasteiger partial charge in [0, 0.05) is 6.04 Å². The van der Waals surface area contributed by atoms with Crippen LogP contribution in [0.15, 0.2) is 0 Å². The number of sulfone groups is 1. The van der Waals surface area contributed by atoms with Gasteiger partial charge in [0.1, 0.15) is 5.88 Å². The van der Waals surface area contributed by atoms with Crippen LogP contribution in [0.3, 0.4) is 0 Å². The fourth-order valence-electron chi connectivity index (χ4n) is 1.52. The fourth-order valence-corrected chi connectivity index (χ4v) is 3.22. The van der Waals surface area contributed by atoms with Crippen LogP contribution in [0.1, 0.15) is 12.8 Å². The maximum absolute atomic E-state index is 11.3. The Morgan fingerprint density at radius 1 is 1.38 bits per heavy atom. The Morgan fingerprint density at radius 3 is 2.62 bits per heavy atom. The van der Waals surface area contributed by atoms with Crippen LogP contribution in [0, 0.1) is 0 Å². The van der Waals surface area contributed by atoms with Gasteiger partial charge in [-0.05, 0) is 12.8 Å². The smallest absolute Gasteiger partial charge is 0.321 e. The Kier molecular flexibility index (Phi) is 4.55. The Morgan fingerprint density at radius 2 is 2.06 bits per heavy atom. The highest BCUT2D eigenvalue weighted by atomic mass is 35.5. The number of carbonyl (C=O) groups is 2. The molecule has 1 fully saturated rings. The molecule has 1 rings (SSSR count). The van der Waals surface area contributed by atoms with E-state index in [9.17, 15) is 18.0 Å². The Bertz CT molecular complexity index is 381. The maximum atomic E-state index is 11.3. The first kappa shape index (κ1) is 13.2. The molecule has 8 heteroatoms. The number of alkyl halides is 1. The predicted octanol–water partition coefficient (Wildman–Crippen LogP) is -0.372. The summed E-state index contributed by atoms with van der Waals surface area (Å²) < 4.78 is 22.5. The van der Waals surface area contributed by atoms with E-state index in [1.807, 2.05) is 5.32 Å². The molecule has 92 valence electrons. The van der Waals surface area contributed by atoms with Crippen LogP contribution in [-0.4, -0.2) is 43.8 Å². The molecule has 0 spiro atoms. The molecule has 0 aliphatic carbocycles. The van der Waals surface area contributed by atoms with Crippen LogP contribution in [0.25, 0.3) is 0 Å². The minimum absolute atomic E-state index is 0.0739. The highest BCUT2D eigenvalue weighted by molar-refractivity contribution is 7.91. The van der Waals surface area contributed by atoms with Crippen molar-refractivity contribution in [2.45, 2.75) is 18.9 Å². The summed E-state index contributed by atoms with van der Waals surface area (Å²) in [7, 11) is -3.07. The van der Waals surface area contributed by atoms with Crippen molar-refractivity contribution >= 4 is 33.4 Å². The number of hydrogen-bond donors (Lipinski definition) is 2. The van der Waals surface area contributed by atoms with E-state index in [4.69, 9.17) is 11.6 Å². The van der Waals surface area contributed by atoms with Crippen molar-refractivity contribution < 1.29 is 18.0 Å². The third-order valence-electron chi connectivity index (χ3n) is 2.17. The van der Waals surface area contributed by atoms with Gasteiger partial charge in [0.05, 0.1) is 11.5 Å². The number of amides is 3. The average Bonchev–Trinajstić information content (AvgIpc) is 2.15. The van der Waals surface area contributed by atoms with Crippen LogP contribution in [0.5, 0.6) is 0 Å². The number of hydrogen-bond acceptors (Lipinski definition) is 4. The van der Waals surface area contributed by atoms with Crippen LogP contribution in [0.4, 0.5) is 4.79 Å². The summed E-state index contributed by atoms with van der Waals surface area (Å²) in [5.74, 6) is -0.836. The molecule has 0 bridgehead atoms. The molecule has 1 unspecified atom stereocenters. The molecule has 0 aromatic carbocycles. The van der Waals surface area contributed by atoms with Crippen LogP contribution < -0.4 is 10.6 Å². The van der Waals surface area contributed by atoms with Crippen molar-refractivity contribution in [2.24, 2.45) is 0 Å². The molecular formula is C8H13ClN2O4S. The third kappa shape index (κ3) is 4.36. The van der Waals surface area contributed by atoms with Crippen molar-refractivity contribution in [3.8, 4) is 0 Å². The summed E-state index contributed by atoms with van der Waals surface area (Å²) in [6.07, 6.45) is 1.12. The van der Waals surface area contributed by atoms with E-state index in [0.29, 0.717) is 12.8 Å². The SMILES string of the molecule is O=C(CCl)NC(=O)NC1CCCS(=O)(=O)C1. The number of halogens is 1. The summed E-state index contributed by atoms with van der Waals surface area (Å²) in [5.41, 5.74) is 0. The molecule has 1 heterocycles. The third-order valence-corrected chi connectivity index (χ3v) is 4.24. The molecule has 6 nitrogen and oxygen atoms in total. The number of carbonyl (C=O) groups excluding carboxylic acids is 2. The molecule has 0 aromatic heterocycles. The highest BCUT2D eigenvalue weighted by Gasteiger charge is 2.26. The molecule has 1 saturated heterocycles. The van der Waals surface area contributed by atoms with Crippen LogP contribution in [0.2, 0.25) is 0 Å². The van der Waals surface area contributed by atoms with E-state index in [2.05, 4.69) is 5.32 Å². The van der Waals surface area contributed by atoms with E-state index < -0.39 is 27.8 Å². The number of rotatable bonds is 2. The van der Waals surface area contributed by atoms with Gasteiger partial charge in [-0.1, -0.05) is 0 Å². The topological polar surface area (TPSA) is 92.3 Å². The molecule has 0 saturated carbocycles. The van der Waals surface area contributed by atoms with E-state index in [1.54, 1.807) is 0 Å². The van der Waals surface area contributed by atoms with Crippen molar-refractivity contribution in [1.29, 1.82) is 0 Å². The summed E-state index contributed by atoms with van der Waals surface area (Å²) >= 11 is 5.20. The van der Waals surface area contributed by atoms with Gasteiger partial charge in [-0.25, -0.2) is 13.2 Å². The quantitative estimate of drug-likeness (QED) is 0.668. The second-order valence-corrected chi connectivity index (χ2v) is 6.10. The van der Waals surface area contributed by atoms with E-state index >= 15 is 0 Å². The van der Waals surface area contributed by atoms with Gasteiger partial charge in [-0.3, -0.25) is 10.1 Å². The molecular weight excluding hydrogens is 256 g/mol. The molecule has 2 N–H and O–H groups in total. The second kappa shape index (κ2) is 5.49.